The molecule has 1 aliphatic rings. The first kappa shape index (κ1) is 12.9. The van der Waals surface area contributed by atoms with Crippen LogP contribution in [0.5, 0.6) is 11.5 Å². The van der Waals surface area contributed by atoms with Gasteiger partial charge in [0.2, 0.25) is 0 Å². The Morgan fingerprint density at radius 3 is 2.39 bits per heavy atom. The first-order valence-electron chi connectivity index (χ1n) is 6.34. The Labute approximate surface area is 107 Å². The van der Waals surface area contributed by atoms with E-state index in [1.807, 2.05) is 13.8 Å². The van der Waals surface area contributed by atoms with Gasteiger partial charge in [-0.25, -0.2) is 0 Å². The van der Waals surface area contributed by atoms with E-state index in [2.05, 4.69) is 0 Å². The molecule has 98 valence electrons. The minimum Gasteiger partial charge on any atom is -0.490 e. The molecule has 0 aromatic heterocycles. The summed E-state index contributed by atoms with van der Waals surface area (Å²) in [5.74, 6) is 1.26. The van der Waals surface area contributed by atoms with E-state index >= 15 is 0 Å². The fourth-order valence-corrected chi connectivity index (χ4v) is 1.84. The number of carbonyl (C=O) groups is 1. The van der Waals surface area contributed by atoms with Crippen molar-refractivity contribution in [1.82, 2.24) is 0 Å². The van der Waals surface area contributed by atoms with E-state index in [1.54, 1.807) is 18.2 Å². The monoisotopic (exact) mass is 249 g/mol. The lowest BCUT2D eigenvalue weighted by atomic mass is 10.0. The molecule has 0 amide bonds. The molecule has 1 aromatic rings. The van der Waals surface area contributed by atoms with Crippen LogP contribution >= 0.6 is 0 Å². The van der Waals surface area contributed by atoms with Gasteiger partial charge in [-0.3, -0.25) is 4.79 Å². The smallest absolute Gasteiger partial charge is 0.182 e. The average Bonchev–Trinajstić information content (AvgIpc) is 3.10. The third kappa shape index (κ3) is 2.48. The lowest BCUT2D eigenvalue weighted by Gasteiger charge is -2.13. The zero-order chi connectivity index (χ0) is 13.2. The molecule has 1 saturated carbocycles. The van der Waals surface area contributed by atoms with E-state index in [0.29, 0.717) is 30.3 Å². The lowest BCUT2D eigenvalue weighted by molar-refractivity contribution is 0.0948. The fraction of sp³-hybridized carbons (Fsp3) is 0.500. The summed E-state index contributed by atoms with van der Waals surface area (Å²) in [6.45, 7) is 4.91. The first-order chi connectivity index (χ1) is 8.60. The van der Waals surface area contributed by atoms with Gasteiger partial charge in [0, 0.05) is 5.56 Å². The summed E-state index contributed by atoms with van der Waals surface area (Å²) in [6.07, 6.45) is 1.53. The molecule has 0 aliphatic heterocycles. The van der Waals surface area contributed by atoms with Gasteiger partial charge in [0.25, 0.3) is 0 Å². The normalized spacial score (nSPS) is 16.2. The van der Waals surface area contributed by atoms with Crippen LogP contribution in [0.3, 0.4) is 0 Å². The predicted octanol–water partition coefficient (Wildman–Crippen LogP) is 2.16. The Kier molecular flexibility index (Phi) is 3.57. The third-order valence-corrected chi connectivity index (χ3v) is 3.05. The maximum atomic E-state index is 12.1. The van der Waals surface area contributed by atoms with E-state index < -0.39 is 5.54 Å². The van der Waals surface area contributed by atoms with Gasteiger partial charge in [0.05, 0.1) is 18.8 Å². The van der Waals surface area contributed by atoms with E-state index in [0.717, 1.165) is 12.8 Å². The Morgan fingerprint density at radius 1 is 1.22 bits per heavy atom. The van der Waals surface area contributed by atoms with Crippen molar-refractivity contribution in [3.05, 3.63) is 23.8 Å². The van der Waals surface area contributed by atoms with Crippen LogP contribution in [0, 0.1) is 0 Å². The maximum absolute atomic E-state index is 12.1. The number of hydrogen-bond acceptors (Lipinski definition) is 4. The van der Waals surface area contributed by atoms with Crippen molar-refractivity contribution in [3.63, 3.8) is 0 Å². The van der Waals surface area contributed by atoms with Gasteiger partial charge in [0.1, 0.15) is 0 Å². The summed E-state index contributed by atoms with van der Waals surface area (Å²) in [5, 5.41) is 0. The van der Waals surface area contributed by atoms with Crippen LogP contribution < -0.4 is 15.2 Å². The molecule has 0 spiro atoms. The van der Waals surface area contributed by atoms with Crippen LogP contribution in [0.15, 0.2) is 18.2 Å². The van der Waals surface area contributed by atoms with E-state index in [4.69, 9.17) is 15.2 Å². The van der Waals surface area contributed by atoms with Gasteiger partial charge >= 0.3 is 0 Å². The summed E-state index contributed by atoms with van der Waals surface area (Å²) in [6, 6.07) is 5.25. The molecule has 0 unspecified atom stereocenters. The lowest BCUT2D eigenvalue weighted by Crippen LogP contribution is -2.32. The largest absolute Gasteiger partial charge is 0.490 e. The minimum atomic E-state index is -0.642. The van der Waals surface area contributed by atoms with Gasteiger partial charge in [-0.15, -0.1) is 0 Å². The van der Waals surface area contributed by atoms with Crippen LogP contribution in [0.25, 0.3) is 0 Å². The minimum absolute atomic E-state index is 0.00787. The van der Waals surface area contributed by atoms with E-state index in [9.17, 15) is 4.79 Å². The van der Waals surface area contributed by atoms with Gasteiger partial charge < -0.3 is 15.2 Å². The Balaban J connectivity index is 2.27. The summed E-state index contributed by atoms with van der Waals surface area (Å²) in [7, 11) is 0. The summed E-state index contributed by atoms with van der Waals surface area (Å²) in [5.41, 5.74) is 5.88. The van der Waals surface area contributed by atoms with Gasteiger partial charge in [-0.2, -0.15) is 0 Å². The van der Waals surface area contributed by atoms with E-state index in [1.165, 1.54) is 0 Å². The highest BCUT2D eigenvalue weighted by Gasteiger charge is 2.46. The van der Waals surface area contributed by atoms with Crippen molar-refractivity contribution in [3.8, 4) is 11.5 Å². The number of ketones is 1. The number of hydrogen-bond donors (Lipinski definition) is 1. The number of ether oxygens (including phenoxy) is 2. The third-order valence-electron chi connectivity index (χ3n) is 3.05. The molecule has 0 atom stereocenters. The van der Waals surface area contributed by atoms with Crippen LogP contribution in [-0.4, -0.2) is 24.5 Å². The highest BCUT2D eigenvalue weighted by molar-refractivity contribution is 6.05. The van der Waals surface area contributed by atoms with Crippen LogP contribution in [-0.2, 0) is 0 Å². The number of benzene rings is 1. The standard InChI is InChI=1S/C14H19NO3/c1-3-17-11-6-5-10(9-12(11)18-4-2)13(16)14(15)7-8-14/h5-6,9H,3-4,7-8,15H2,1-2H3. The second-order valence-corrected chi connectivity index (χ2v) is 4.51. The quantitative estimate of drug-likeness (QED) is 0.785. The average molecular weight is 249 g/mol. The molecule has 2 rings (SSSR count). The van der Waals surface area contributed by atoms with Crippen molar-refractivity contribution in [2.24, 2.45) is 5.73 Å². The molecule has 4 nitrogen and oxygen atoms in total. The zero-order valence-electron chi connectivity index (χ0n) is 10.9. The number of rotatable bonds is 6. The SMILES string of the molecule is CCOc1ccc(C(=O)C2(N)CC2)cc1OCC. The van der Waals surface area contributed by atoms with Crippen molar-refractivity contribution in [2.45, 2.75) is 32.2 Å². The van der Waals surface area contributed by atoms with Crippen molar-refractivity contribution in [2.75, 3.05) is 13.2 Å². The molecular weight excluding hydrogens is 230 g/mol. The zero-order valence-corrected chi connectivity index (χ0v) is 10.9. The highest BCUT2D eigenvalue weighted by atomic mass is 16.5. The number of Topliss-reactive ketones (excluding diaryl/α,β-unsaturated/α-hetero) is 1. The molecule has 0 heterocycles. The van der Waals surface area contributed by atoms with Gasteiger partial charge in [-0.1, -0.05) is 0 Å². The van der Waals surface area contributed by atoms with Crippen LogP contribution in [0.2, 0.25) is 0 Å². The Hall–Kier alpha value is -1.55. The molecule has 1 fully saturated rings. The first-order valence-corrected chi connectivity index (χ1v) is 6.34. The highest BCUT2D eigenvalue weighted by Crippen LogP contribution is 2.37. The summed E-state index contributed by atoms with van der Waals surface area (Å²) < 4.78 is 11.0. The predicted molar refractivity (Wildman–Crippen MR) is 69.3 cm³/mol. The number of carbonyl (C=O) groups excluding carboxylic acids is 1. The molecule has 18 heavy (non-hydrogen) atoms. The maximum Gasteiger partial charge on any atom is 0.182 e. The fourth-order valence-electron chi connectivity index (χ4n) is 1.84. The Morgan fingerprint density at radius 2 is 1.83 bits per heavy atom. The molecular formula is C14H19NO3. The summed E-state index contributed by atoms with van der Waals surface area (Å²) in [4.78, 5) is 12.1. The topological polar surface area (TPSA) is 61.5 Å². The van der Waals surface area contributed by atoms with Crippen LogP contribution in [0.1, 0.15) is 37.0 Å². The molecule has 0 saturated heterocycles. The number of nitrogens with two attached hydrogens (primary N) is 1. The molecule has 0 radical (unpaired) electrons. The van der Waals surface area contributed by atoms with Crippen molar-refractivity contribution < 1.29 is 14.3 Å². The second kappa shape index (κ2) is 4.98. The Bertz CT molecular complexity index is 452. The van der Waals surface area contributed by atoms with Crippen molar-refractivity contribution in [1.29, 1.82) is 0 Å². The second-order valence-electron chi connectivity index (χ2n) is 4.51. The summed E-state index contributed by atoms with van der Waals surface area (Å²) >= 11 is 0. The molecule has 2 N–H and O–H groups in total. The molecule has 1 aliphatic carbocycles. The molecule has 4 heteroatoms. The van der Waals surface area contributed by atoms with Crippen molar-refractivity contribution >= 4 is 5.78 Å². The van der Waals surface area contributed by atoms with E-state index in [-0.39, 0.29) is 5.78 Å². The van der Waals surface area contributed by atoms with Gasteiger partial charge in [-0.05, 0) is 44.9 Å². The molecule has 1 aromatic carbocycles. The van der Waals surface area contributed by atoms with Crippen LogP contribution in [0.4, 0.5) is 0 Å². The molecule has 0 bridgehead atoms. The van der Waals surface area contributed by atoms with Gasteiger partial charge in [0.15, 0.2) is 17.3 Å².